The summed E-state index contributed by atoms with van der Waals surface area (Å²) in [4.78, 5) is 0.0251. The molecule has 0 bridgehead atoms. The first kappa shape index (κ1) is 15.1. The first-order chi connectivity index (χ1) is 9.28. The Balaban J connectivity index is 2.11. The number of nitrogen functional groups attached to an aromatic ring is 1. The first-order valence-electron chi connectivity index (χ1n) is 6.54. The molecule has 1 aliphatic rings. The standard InChI is InChI=1S/C13H21N3O3S/c1-13(2-4-19-5-3-13)9-16-11-6-10(14)7-12(8-11)20(15,17)18/h6-8,16H,2-5,9,14H2,1H3,(H2,15,17,18). The fourth-order valence-electron chi connectivity index (χ4n) is 2.24. The third-order valence-electron chi connectivity index (χ3n) is 3.68. The molecule has 6 nitrogen and oxygen atoms in total. The lowest BCUT2D eigenvalue weighted by molar-refractivity contribution is 0.0300. The molecule has 0 saturated carbocycles. The molecular weight excluding hydrogens is 278 g/mol. The predicted molar refractivity (Wildman–Crippen MR) is 78.9 cm³/mol. The highest BCUT2D eigenvalue weighted by atomic mass is 32.2. The number of ether oxygens (including phenoxy) is 1. The molecule has 5 N–H and O–H groups in total. The van der Waals surface area contributed by atoms with Crippen LogP contribution in [-0.2, 0) is 14.8 Å². The van der Waals surface area contributed by atoms with Crippen LogP contribution in [0, 0.1) is 5.41 Å². The minimum Gasteiger partial charge on any atom is -0.399 e. The van der Waals surface area contributed by atoms with Crippen LogP contribution in [0.4, 0.5) is 11.4 Å². The Kier molecular flexibility index (Phi) is 4.22. The van der Waals surface area contributed by atoms with Crippen molar-refractivity contribution in [3.05, 3.63) is 18.2 Å². The van der Waals surface area contributed by atoms with E-state index in [1.165, 1.54) is 12.1 Å². The van der Waals surface area contributed by atoms with Crippen LogP contribution in [0.15, 0.2) is 23.1 Å². The normalized spacial score (nSPS) is 18.7. The quantitative estimate of drug-likeness (QED) is 0.723. The smallest absolute Gasteiger partial charge is 0.238 e. The molecule has 1 fully saturated rings. The van der Waals surface area contributed by atoms with Gasteiger partial charge in [0, 0.05) is 31.1 Å². The van der Waals surface area contributed by atoms with Crippen LogP contribution in [0.25, 0.3) is 0 Å². The van der Waals surface area contributed by atoms with Gasteiger partial charge in [-0.05, 0) is 36.5 Å². The van der Waals surface area contributed by atoms with E-state index in [4.69, 9.17) is 15.6 Å². The summed E-state index contributed by atoms with van der Waals surface area (Å²) in [6, 6.07) is 4.57. The third-order valence-corrected chi connectivity index (χ3v) is 4.57. The highest BCUT2D eigenvalue weighted by molar-refractivity contribution is 7.89. The summed E-state index contributed by atoms with van der Waals surface area (Å²) in [7, 11) is -3.75. The molecule has 112 valence electrons. The molecule has 2 rings (SSSR count). The summed E-state index contributed by atoms with van der Waals surface area (Å²) in [6.07, 6.45) is 1.95. The largest absolute Gasteiger partial charge is 0.399 e. The van der Waals surface area contributed by atoms with Crippen molar-refractivity contribution >= 4 is 21.4 Å². The Labute approximate surface area is 119 Å². The van der Waals surface area contributed by atoms with E-state index in [0.29, 0.717) is 11.4 Å². The highest BCUT2D eigenvalue weighted by Crippen LogP contribution is 2.30. The molecule has 1 saturated heterocycles. The molecule has 20 heavy (non-hydrogen) atoms. The number of hydrogen-bond donors (Lipinski definition) is 3. The first-order valence-corrected chi connectivity index (χ1v) is 8.08. The molecule has 0 aromatic heterocycles. The Morgan fingerprint density at radius 1 is 1.30 bits per heavy atom. The molecule has 1 heterocycles. The van der Waals surface area contributed by atoms with E-state index in [2.05, 4.69) is 12.2 Å². The lowest BCUT2D eigenvalue weighted by Gasteiger charge is -2.34. The second-order valence-corrected chi connectivity index (χ2v) is 7.17. The third kappa shape index (κ3) is 3.84. The summed E-state index contributed by atoms with van der Waals surface area (Å²) in [6.45, 7) is 4.45. The van der Waals surface area contributed by atoms with Crippen LogP contribution in [0.2, 0.25) is 0 Å². The van der Waals surface area contributed by atoms with Gasteiger partial charge in [-0.15, -0.1) is 0 Å². The van der Waals surface area contributed by atoms with Gasteiger partial charge in [0.2, 0.25) is 10.0 Å². The van der Waals surface area contributed by atoms with Gasteiger partial charge in [-0.3, -0.25) is 0 Å². The molecule has 0 spiro atoms. The van der Waals surface area contributed by atoms with Crippen molar-refractivity contribution in [2.24, 2.45) is 10.6 Å². The molecule has 1 aromatic carbocycles. The minimum atomic E-state index is -3.75. The molecule has 7 heteroatoms. The predicted octanol–water partition coefficient (Wildman–Crippen LogP) is 1.14. The van der Waals surface area contributed by atoms with Gasteiger partial charge in [0.25, 0.3) is 0 Å². The number of sulfonamides is 1. The lowest BCUT2D eigenvalue weighted by Crippen LogP contribution is -2.33. The summed E-state index contributed by atoms with van der Waals surface area (Å²) in [5.41, 5.74) is 6.90. The monoisotopic (exact) mass is 299 g/mol. The van der Waals surface area contributed by atoms with Crippen LogP contribution in [0.5, 0.6) is 0 Å². The van der Waals surface area contributed by atoms with Crippen molar-refractivity contribution in [1.82, 2.24) is 0 Å². The van der Waals surface area contributed by atoms with E-state index < -0.39 is 10.0 Å². The minimum absolute atomic E-state index is 0.0251. The zero-order chi connectivity index (χ0) is 14.8. The van der Waals surface area contributed by atoms with E-state index >= 15 is 0 Å². The fraction of sp³-hybridized carbons (Fsp3) is 0.538. The van der Waals surface area contributed by atoms with Crippen molar-refractivity contribution < 1.29 is 13.2 Å². The van der Waals surface area contributed by atoms with Gasteiger partial charge < -0.3 is 15.8 Å². The van der Waals surface area contributed by atoms with E-state index in [0.717, 1.165) is 32.6 Å². The summed E-state index contributed by atoms with van der Waals surface area (Å²) in [5.74, 6) is 0. The Hall–Kier alpha value is -1.31. The second kappa shape index (κ2) is 5.59. The summed E-state index contributed by atoms with van der Waals surface area (Å²) >= 11 is 0. The lowest BCUT2D eigenvalue weighted by atomic mass is 9.82. The van der Waals surface area contributed by atoms with Crippen molar-refractivity contribution in [2.45, 2.75) is 24.7 Å². The average molecular weight is 299 g/mol. The molecule has 0 atom stereocenters. The van der Waals surface area contributed by atoms with E-state index in [-0.39, 0.29) is 10.3 Å². The van der Waals surface area contributed by atoms with Gasteiger partial charge in [-0.1, -0.05) is 6.92 Å². The van der Waals surface area contributed by atoms with Gasteiger partial charge in [-0.2, -0.15) is 0 Å². The molecule has 0 amide bonds. The van der Waals surface area contributed by atoms with Crippen molar-refractivity contribution in [2.75, 3.05) is 30.8 Å². The maximum absolute atomic E-state index is 11.4. The topological polar surface area (TPSA) is 107 Å². The van der Waals surface area contributed by atoms with Gasteiger partial charge in [0.15, 0.2) is 0 Å². The number of rotatable bonds is 4. The van der Waals surface area contributed by atoms with E-state index in [9.17, 15) is 8.42 Å². The van der Waals surface area contributed by atoms with Gasteiger partial charge in [0.1, 0.15) is 0 Å². The van der Waals surface area contributed by atoms with Crippen LogP contribution in [0.1, 0.15) is 19.8 Å². The number of nitrogens with two attached hydrogens (primary N) is 2. The van der Waals surface area contributed by atoms with Crippen molar-refractivity contribution in [3.8, 4) is 0 Å². The number of primary sulfonamides is 1. The van der Waals surface area contributed by atoms with Crippen molar-refractivity contribution in [3.63, 3.8) is 0 Å². The molecular formula is C13H21N3O3S. The van der Waals surface area contributed by atoms with Crippen LogP contribution < -0.4 is 16.2 Å². The van der Waals surface area contributed by atoms with E-state index in [1.807, 2.05) is 0 Å². The second-order valence-electron chi connectivity index (χ2n) is 5.61. The SMILES string of the molecule is CC1(CNc2cc(N)cc(S(N)(=O)=O)c2)CCOCC1. The molecule has 1 aliphatic heterocycles. The zero-order valence-electron chi connectivity index (χ0n) is 11.6. The molecule has 0 radical (unpaired) electrons. The molecule has 0 aliphatic carbocycles. The Bertz CT molecular complexity index is 581. The number of benzene rings is 1. The molecule has 0 unspecified atom stereocenters. The number of hydrogen-bond acceptors (Lipinski definition) is 5. The van der Waals surface area contributed by atoms with Crippen LogP contribution in [-0.4, -0.2) is 28.2 Å². The summed E-state index contributed by atoms with van der Waals surface area (Å²) in [5, 5.41) is 8.38. The maximum atomic E-state index is 11.4. The summed E-state index contributed by atoms with van der Waals surface area (Å²) < 4.78 is 28.1. The Morgan fingerprint density at radius 3 is 2.55 bits per heavy atom. The average Bonchev–Trinajstić information content (AvgIpc) is 2.36. The fourth-order valence-corrected chi connectivity index (χ4v) is 2.84. The molecule has 1 aromatic rings. The van der Waals surface area contributed by atoms with E-state index in [1.54, 1.807) is 6.07 Å². The maximum Gasteiger partial charge on any atom is 0.238 e. The van der Waals surface area contributed by atoms with Crippen LogP contribution in [0.3, 0.4) is 0 Å². The van der Waals surface area contributed by atoms with Gasteiger partial charge in [0.05, 0.1) is 4.90 Å². The van der Waals surface area contributed by atoms with Gasteiger partial charge in [-0.25, -0.2) is 13.6 Å². The zero-order valence-corrected chi connectivity index (χ0v) is 12.4. The van der Waals surface area contributed by atoms with Crippen molar-refractivity contribution in [1.29, 1.82) is 0 Å². The van der Waals surface area contributed by atoms with Crippen LogP contribution >= 0.6 is 0 Å². The van der Waals surface area contributed by atoms with Gasteiger partial charge >= 0.3 is 0 Å². The Morgan fingerprint density at radius 2 is 1.95 bits per heavy atom. The number of anilines is 2. The highest BCUT2D eigenvalue weighted by Gasteiger charge is 2.27. The number of nitrogens with one attached hydrogen (secondary N) is 1.